The summed E-state index contributed by atoms with van der Waals surface area (Å²) >= 11 is 0. The molecule has 0 aliphatic heterocycles. The van der Waals surface area contributed by atoms with Crippen LogP contribution in [0.25, 0.3) is 17.4 Å². The molecule has 166 valence electrons. The summed E-state index contributed by atoms with van der Waals surface area (Å²) in [5, 5.41) is 7.48. The van der Waals surface area contributed by atoms with Crippen LogP contribution in [0.5, 0.6) is 5.75 Å². The number of anilines is 2. The van der Waals surface area contributed by atoms with Gasteiger partial charge in [0.1, 0.15) is 5.75 Å². The van der Waals surface area contributed by atoms with E-state index in [0.717, 1.165) is 29.8 Å². The molecule has 5 aromatic rings. The molecule has 4 heterocycles. The van der Waals surface area contributed by atoms with Crippen LogP contribution in [0.4, 0.5) is 11.9 Å². The first-order valence-corrected chi connectivity index (χ1v) is 10.5. The van der Waals surface area contributed by atoms with E-state index in [9.17, 15) is 0 Å². The summed E-state index contributed by atoms with van der Waals surface area (Å²) in [4.78, 5) is 17.3. The highest BCUT2D eigenvalue weighted by molar-refractivity contribution is 5.52. The predicted molar refractivity (Wildman–Crippen MR) is 123 cm³/mol. The predicted octanol–water partition coefficient (Wildman–Crippen LogP) is 3.03. The number of rotatable bonds is 9. The summed E-state index contributed by atoms with van der Waals surface area (Å²) in [5.41, 5.74) is 8.20. The summed E-state index contributed by atoms with van der Waals surface area (Å²) in [7, 11) is 0. The van der Waals surface area contributed by atoms with Gasteiger partial charge in [0.15, 0.2) is 5.76 Å². The molecule has 0 bridgehead atoms. The molecule has 3 N–H and O–H groups in total. The van der Waals surface area contributed by atoms with Crippen molar-refractivity contribution in [1.29, 1.82) is 0 Å². The molecule has 0 radical (unpaired) electrons. The molecule has 0 spiro atoms. The van der Waals surface area contributed by atoms with E-state index in [1.807, 2.05) is 42.5 Å². The molecule has 4 aromatic heterocycles. The summed E-state index contributed by atoms with van der Waals surface area (Å²) in [5.74, 6) is 2.72. The molecular weight excluding hydrogens is 420 g/mol. The Labute approximate surface area is 189 Å². The van der Waals surface area contributed by atoms with Gasteiger partial charge in [0.2, 0.25) is 17.7 Å². The average molecular weight is 442 g/mol. The number of ether oxygens (including phenoxy) is 1. The molecule has 0 aliphatic rings. The van der Waals surface area contributed by atoms with Crippen molar-refractivity contribution < 1.29 is 9.15 Å². The zero-order chi connectivity index (χ0) is 22.5. The Morgan fingerprint density at radius 3 is 2.67 bits per heavy atom. The number of hydrogen-bond donors (Lipinski definition) is 2. The van der Waals surface area contributed by atoms with Gasteiger partial charge in [-0.05, 0) is 48.4 Å². The van der Waals surface area contributed by atoms with E-state index in [1.165, 1.54) is 4.52 Å². The Hall–Kier alpha value is -4.47. The lowest BCUT2D eigenvalue weighted by atomic mass is 10.1. The van der Waals surface area contributed by atoms with Gasteiger partial charge >= 0.3 is 0 Å². The average Bonchev–Trinajstić information content (AvgIpc) is 3.51. The molecule has 0 atom stereocenters. The Bertz CT molecular complexity index is 1320. The number of aromatic nitrogens is 6. The molecule has 33 heavy (non-hydrogen) atoms. The number of furan rings is 1. The topological polar surface area (TPSA) is 129 Å². The highest BCUT2D eigenvalue weighted by Crippen LogP contribution is 2.18. The van der Waals surface area contributed by atoms with E-state index in [-0.39, 0.29) is 5.95 Å². The van der Waals surface area contributed by atoms with Gasteiger partial charge in [-0.25, -0.2) is 0 Å². The van der Waals surface area contributed by atoms with Gasteiger partial charge in [-0.1, -0.05) is 18.2 Å². The first-order chi connectivity index (χ1) is 16.2. The van der Waals surface area contributed by atoms with Crippen molar-refractivity contribution >= 4 is 17.7 Å². The smallest absolute Gasteiger partial charge is 0.259 e. The fourth-order valence-electron chi connectivity index (χ4n) is 3.29. The number of nitrogen functional groups attached to an aromatic ring is 1. The SMILES string of the molecule is Nc1nc(NCCc2ccc(OCCc3ccccn3)cc2)nc2nc(-c3ccco3)nn12. The summed E-state index contributed by atoms with van der Waals surface area (Å²) in [6, 6.07) is 17.5. The third kappa shape index (κ3) is 4.90. The van der Waals surface area contributed by atoms with E-state index >= 15 is 0 Å². The molecule has 0 aliphatic carbocycles. The van der Waals surface area contributed by atoms with Crippen molar-refractivity contribution in [2.24, 2.45) is 0 Å². The van der Waals surface area contributed by atoms with Crippen molar-refractivity contribution in [2.75, 3.05) is 24.2 Å². The molecule has 0 unspecified atom stereocenters. The van der Waals surface area contributed by atoms with Gasteiger partial charge in [0, 0.05) is 24.9 Å². The molecule has 0 saturated carbocycles. The van der Waals surface area contributed by atoms with Crippen molar-refractivity contribution in [3.05, 3.63) is 78.3 Å². The zero-order valence-electron chi connectivity index (χ0n) is 17.8. The van der Waals surface area contributed by atoms with Crippen LogP contribution in [0.15, 0.2) is 71.5 Å². The minimum atomic E-state index is 0.194. The van der Waals surface area contributed by atoms with Gasteiger partial charge in [-0.3, -0.25) is 4.98 Å². The number of nitrogens with zero attached hydrogens (tertiary/aromatic N) is 6. The van der Waals surface area contributed by atoms with Crippen LogP contribution in [0, 0.1) is 0 Å². The maximum absolute atomic E-state index is 6.02. The van der Waals surface area contributed by atoms with Crippen molar-refractivity contribution in [2.45, 2.75) is 12.8 Å². The highest BCUT2D eigenvalue weighted by Gasteiger charge is 2.13. The van der Waals surface area contributed by atoms with Crippen molar-refractivity contribution in [3.63, 3.8) is 0 Å². The van der Waals surface area contributed by atoms with E-state index in [1.54, 1.807) is 24.6 Å². The van der Waals surface area contributed by atoms with Gasteiger partial charge in [0.25, 0.3) is 5.78 Å². The maximum atomic E-state index is 6.02. The molecule has 5 rings (SSSR count). The largest absolute Gasteiger partial charge is 0.493 e. The fraction of sp³-hybridized carbons (Fsp3) is 0.174. The minimum Gasteiger partial charge on any atom is -0.493 e. The lowest BCUT2D eigenvalue weighted by Crippen LogP contribution is -2.12. The third-order valence-electron chi connectivity index (χ3n) is 4.95. The number of nitrogens with two attached hydrogens (primary N) is 1. The van der Waals surface area contributed by atoms with Crippen molar-refractivity contribution in [3.8, 4) is 17.3 Å². The molecular formula is C23H22N8O2. The summed E-state index contributed by atoms with van der Waals surface area (Å²) < 4.78 is 12.5. The maximum Gasteiger partial charge on any atom is 0.259 e. The van der Waals surface area contributed by atoms with Crippen LogP contribution in [0.2, 0.25) is 0 Å². The highest BCUT2D eigenvalue weighted by atomic mass is 16.5. The first kappa shape index (κ1) is 20.4. The van der Waals surface area contributed by atoms with E-state index in [0.29, 0.717) is 36.5 Å². The normalized spacial score (nSPS) is 11.0. The van der Waals surface area contributed by atoms with Crippen molar-refractivity contribution in [1.82, 2.24) is 29.5 Å². The van der Waals surface area contributed by atoms with Gasteiger partial charge in [-0.2, -0.15) is 19.5 Å². The standard InChI is InChI=1S/C23H22N8O2/c24-21-28-22(29-23-27-20(30-31(21)23)19-5-3-14-33-19)26-13-10-16-6-8-18(9-7-16)32-15-11-17-4-1-2-12-25-17/h1-9,12,14H,10-11,13,15H2,(H3,24,26,27,28,29,30). The number of fused-ring (bicyclic) bond motifs is 1. The van der Waals surface area contributed by atoms with Crippen LogP contribution in [-0.2, 0) is 12.8 Å². The van der Waals surface area contributed by atoms with Gasteiger partial charge < -0.3 is 20.2 Å². The molecule has 0 fully saturated rings. The lowest BCUT2D eigenvalue weighted by Gasteiger charge is -2.08. The number of hydrogen-bond acceptors (Lipinski definition) is 9. The second-order valence-corrected chi connectivity index (χ2v) is 7.27. The third-order valence-corrected chi connectivity index (χ3v) is 4.95. The molecule has 0 saturated heterocycles. The van der Waals surface area contributed by atoms with Crippen LogP contribution in [0.3, 0.4) is 0 Å². The minimum absolute atomic E-state index is 0.194. The Kier molecular flexibility index (Phi) is 5.79. The van der Waals surface area contributed by atoms with Crippen LogP contribution < -0.4 is 15.8 Å². The number of benzene rings is 1. The molecule has 10 heteroatoms. The Morgan fingerprint density at radius 2 is 1.88 bits per heavy atom. The fourth-order valence-corrected chi connectivity index (χ4v) is 3.29. The zero-order valence-corrected chi connectivity index (χ0v) is 17.8. The molecule has 1 aromatic carbocycles. The number of nitrogens with one attached hydrogen (secondary N) is 1. The second-order valence-electron chi connectivity index (χ2n) is 7.27. The van der Waals surface area contributed by atoms with Crippen LogP contribution in [-0.4, -0.2) is 42.7 Å². The van der Waals surface area contributed by atoms with E-state index in [4.69, 9.17) is 14.9 Å². The molecule has 10 nitrogen and oxygen atoms in total. The first-order valence-electron chi connectivity index (χ1n) is 10.5. The van der Waals surface area contributed by atoms with Gasteiger partial charge in [0.05, 0.1) is 12.9 Å². The van der Waals surface area contributed by atoms with E-state index < -0.39 is 0 Å². The number of pyridine rings is 1. The summed E-state index contributed by atoms with van der Waals surface area (Å²) in [6.45, 7) is 1.22. The van der Waals surface area contributed by atoms with E-state index in [2.05, 4.69) is 30.4 Å². The Morgan fingerprint density at radius 1 is 0.970 bits per heavy atom. The van der Waals surface area contributed by atoms with Gasteiger partial charge in [-0.15, -0.1) is 5.10 Å². The second kappa shape index (κ2) is 9.35. The molecule has 0 amide bonds. The Balaban J connectivity index is 1.14. The quantitative estimate of drug-likeness (QED) is 0.354. The summed E-state index contributed by atoms with van der Waals surface area (Å²) in [6.07, 6.45) is 4.91. The lowest BCUT2D eigenvalue weighted by molar-refractivity contribution is 0.320. The monoisotopic (exact) mass is 442 g/mol. The van der Waals surface area contributed by atoms with Crippen LogP contribution >= 0.6 is 0 Å². The van der Waals surface area contributed by atoms with Crippen LogP contribution in [0.1, 0.15) is 11.3 Å².